The van der Waals surface area contributed by atoms with Crippen LogP contribution in [0.4, 0.5) is 10.1 Å². The molecule has 0 unspecified atom stereocenters. The van der Waals surface area contributed by atoms with Crippen molar-refractivity contribution in [3.05, 3.63) is 62.4 Å². The number of carbonyl (C=O) groups is 1. The highest BCUT2D eigenvalue weighted by atomic mass is 127. The summed E-state index contributed by atoms with van der Waals surface area (Å²) >= 11 is 8.10. The molecule has 0 aromatic heterocycles. The molecule has 5 heteroatoms. The second-order valence-electron chi connectivity index (χ2n) is 3.56. The normalized spacial score (nSPS) is 10.2. The van der Waals surface area contributed by atoms with E-state index in [1.54, 1.807) is 18.2 Å². The van der Waals surface area contributed by atoms with Crippen molar-refractivity contribution in [2.75, 3.05) is 5.32 Å². The Hall–Kier alpha value is -1.14. The van der Waals surface area contributed by atoms with E-state index in [2.05, 4.69) is 27.9 Å². The Kier molecular flexibility index (Phi) is 4.19. The molecule has 0 fully saturated rings. The van der Waals surface area contributed by atoms with Gasteiger partial charge < -0.3 is 5.32 Å². The summed E-state index contributed by atoms with van der Waals surface area (Å²) in [7, 11) is 0. The average molecular weight is 376 g/mol. The molecule has 0 aliphatic heterocycles. The van der Waals surface area contributed by atoms with Crippen LogP contribution in [0.3, 0.4) is 0 Å². The zero-order chi connectivity index (χ0) is 13.1. The molecule has 0 spiro atoms. The summed E-state index contributed by atoms with van der Waals surface area (Å²) in [6.07, 6.45) is 0. The zero-order valence-electron chi connectivity index (χ0n) is 9.08. The van der Waals surface area contributed by atoms with Crippen molar-refractivity contribution in [2.45, 2.75) is 0 Å². The van der Waals surface area contributed by atoms with Gasteiger partial charge in [0.2, 0.25) is 0 Å². The second kappa shape index (κ2) is 5.67. The highest BCUT2D eigenvalue weighted by molar-refractivity contribution is 14.1. The molecule has 0 saturated carbocycles. The van der Waals surface area contributed by atoms with Crippen LogP contribution in [0.2, 0.25) is 5.02 Å². The van der Waals surface area contributed by atoms with Gasteiger partial charge in [0.25, 0.3) is 5.91 Å². The lowest BCUT2D eigenvalue weighted by atomic mass is 10.2. The molecule has 92 valence electrons. The van der Waals surface area contributed by atoms with Crippen LogP contribution in [0.1, 0.15) is 10.4 Å². The molecule has 0 radical (unpaired) electrons. The molecule has 2 aromatic rings. The van der Waals surface area contributed by atoms with Crippen molar-refractivity contribution in [1.29, 1.82) is 0 Å². The Bertz CT molecular complexity index is 603. The molecule has 0 aliphatic rings. The lowest BCUT2D eigenvalue weighted by Crippen LogP contribution is -2.13. The number of hydrogen-bond donors (Lipinski definition) is 1. The molecule has 0 heterocycles. The second-order valence-corrected chi connectivity index (χ2v) is 5.21. The molecule has 0 bridgehead atoms. The van der Waals surface area contributed by atoms with Crippen LogP contribution in [0.5, 0.6) is 0 Å². The van der Waals surface area contributed by atoms with Crippen molar-refractivity contribution >= 4 is 45.8 Å². The Labute approximate surface area is 122 Å². The van der Waals surface area contributed by atoms with Crippen molar-refractivity contribution < 1.29 is 9.18 Å². The third-order valence-electron chi connectivity index (χ3n) is 2.30. The lowest BCUT2D eigenvalue weighted by molar-refractivity contribution is 0.102. The summed E-state index contributed by atoms with van der Waals surface area (Å²) in [5, 5.41) is 3.00. The van der Waals surface area contributed by atoms with E-state index >= 15 is 0 Å². The SMILES string of the molecule is O=C(Nc1ccc(I)cc1Cl)c1ccccc1F. The fraction of sp³-hybridized carbons (Fsp3) is 0. The van der Waals surface area contributed by atoms with Crippen molar-refractivity contribution in [3.8, 4) is 0 Å². The summed E-state index contributed by atoms with van der Waals surface area (Å²) in [6, 6.07) is 11.0. The Morgan fingerprint density at radius 1 is 1.22 bits per heavy atom. The number of carbonyl (C=O) groups excluding carboxylic acids is 1. The first-order valence-corrected chi connectivity index (χ1v) is 6.54. The summed E-state index contributed by atoms with van der Waals surface area (Å²) in [5.74, 6) is -1.08. The number of nitrogens with one attached hydrogen (secondary N) is 1. The van der Waals surface area contributed by atoms with Crippen molar-refractivity contribution in [3.63, 3.8) is 0 Å². The molecule has 2 nitrogen and oxygen atoms in total. The molecular formula is C13H8ClFINO. The number of rotatable bonds is 2. The van der Waals surface area contributed by atoms with Crippen LogP contribution in [-0.2, 0) is 0 Å². The van der Waals surface area contributed by atoms with Gasteiger partial charge in [-0.1, -0.05) is 23.7 Å². The van der Waals surface area contributed by atoms with Crippen LogP contribution in [0.15, 0.2) is 42.5 Å². The summed E-state index contributed by atoms with van der Waals surface area (Å²) in [6.45, 7) is 0. The van der Waals surface area contributed by atoms with Gasteiger partial charge in [-0.25, -0.2) is 4.39 Å². The topological polar surface area (TPSA) is 29.1 Å². The number of halogens is 3. The maximum atomic E-state index is 13.4. The number of anilines is 1. The van der Waals surface area contributed by atoms with Crippen LogP contribution in [-0.4, -0.2) is 5.91 Å². The third kappa shape index (κ3) is 3.00. The third-order valence-corrected chi connectivity index (χ3v) is 3.28. The Morgan fingerprint density at radius 3 is 2.61 bits per heavy atom. The highest BCUT2D eigenvalue weighted by Crippen LogP contribution is 2.24. The summed E-state index contributed by atoms with van der Waals surface area (Å²) in [4.78, 5) is 11.9. The van der Waals surface area contributed by atoms with Gasteiger partial charge in [-0.05, 0) is 52.9 Å². The van der Waals surface area contributed by atoms with Crippen molar-refractivity contribution in [2.24, 2.45) is 0 Å². The minimum Gasteiger partial charge on any atom is -0.321 e. The predicted molar refractivity (Wildman–Crippen MR) is 78.5 cm³/mol. The molecule has 0 atom stereocenters. The van der Waals surface area contributed by atoms with Gasteiger partial charge in [0, 0.05) is 3.57 Å². The van der Waals surface area contributed by atoms with Crippen LogP contribution in [0.25, 0.3) is 0 Å². The van der Waals surface area contributed by atoms with E-state index in [9.17, 15) is 9.18 Å². The maximum absolute atomic E-state index is 13.4. The quantitative estimate of drug-likeness (QED) is 0.778. The van der Waals surface area contributed by atoms with Gasteiger partial charge >= 0.3 is 0 Å². The van der Waals surface area contributed by atoms with E-state index in [1.807, 2.05) is 6.07 Å². The molecule has 1 N–H and O–H groups in total. The van der Waals surface area contributed by atoms with Crippen molar-refractivity contribution in [1.82, 2.24) is 0 Å². The monoisotopic (exact) mass is 375 g/mol. The predicted octanol–water partition coefficient (Wildman–Crippen LogP) is 4.34. The van der Waals surface area contributed by atoms with Gasteiger partial charge in [0.1, 0.15) is 5.82 Å². The number of benzene rings is 2. The first-order chi connectivity index (χ1) is 8.58. The molecular weight excluding hydrogens is 368 g/mol. The molecule has 2 aromatic carbocycles. The summed E-state index contributed by atoms with van der Waals surface area (Å²) < 4.78 is 14.4. The van der Waals surface area contributed by atoms with Gasteiger partial charge in [0.05, 0.1) is 16.3 Å². The van der Waals surface area contributed by atoms with E-state index < -0.39 is 11.7 Å². The average Bonchev–Trinajstić information content (AvgIpc) is 2.33. The van der Waals surface area contributed by atoms with E-state index in [-0.39, 0.29) is 5.56 Å². The molecule has 1 amide bonds. The standard InChI is InChI=1S/C13H8ClFINO/c14-10-7-8(16)5-6-12(10)17-13(18)9-3-1-2-4-11(9)15/h1-7H,(H,17,18). The lowest BCUT2D eigenvalue weighted by Gasteiger charge is -2.08. The Balaban J connectivity index is 2.24. The zero-order valence-corrected chi connectivity index (χ0v) is 12.0. The summed E-state index contributed by atoms with van der Waals surface area (Å²) in [5.41, 5.74) is 0.456. The van der Waals surface area contributed by atoms with Gasteiger partial charge in [-0.3, -0.25) is 4.79 Å². The largest absolute Gasteiger partial charge is 0.321 e. The first kappa shape index (κ1) is 13.3. The van der Waals surface area contributed by atoms with Crippen LogP contribution >= 0.6 is 34.2 Å². The number of amides is 1. The fourth-order valence-electron chi connectivity index (χ4n) is 1.43. The minimum atomic E-state index is -0.559. The van der Waals surface area contributed by atoms with Gasteiger partial charge in [-0.15, -0.1) is 0 Å². The van der Waals surface area contributed by atoms with Gasteiger partial charge in [0.15, 0.2) is 0 Å². The molecule has 0 saturated heterocycles. The van der Waals surface area contributed by atoms with E-state index in [1.165, 1.54) is 18.2 Å². The highest BCUT2D eigenvalue weighted by Gasteiger charge is 2.12. The van der Waals surface area contributed by atoms with E-state index in [0.29, 0.717) is 10.7 Å². The number of hydrogen-bond acceptors (Lipinski definition) is 1. The fourth-order valence-corrected chi connectivity index (χ4v) is 2.33. The minimum absolute atomic E-state index is 0.00730. The maximum Gasteiger partial charge on any atom is 0.258 e. The molecule has 2 rings (SSSR count). The molecule has 0 aliphatic carbocycles. The molecule has 18 heavy (non-hydrogen) atoms. The van der Waals surface area contributed by atoms with E-state index in [4.69, 9.17) is 11.6 Å². The smallest absolute Gasteiger partial charge is 0.258 e. The van der Waals surface area contributed by atoms with E-state index in [0.717, 1.165) is 3.57 Å². The Morgan fingerprint density at radius 2 is 1.94 bits per heavy atom. The van der Waals surface area contributed by atoms with Crippen LogP contribution < -0.4 is 5.32 Å². The van der Waals surface area contributed by atoms with Gasteiger partial charge in [-0.2, -0.15) is 0 Å². The van der Waals surface area contributed by atoms with Crippen LogP contribution in [0, 0.1) is 9.39 Å². The first-order valence-electron chi connectivity index (χ1n) is 5.09.